The molecule has 144 valence electrons. The number of nitro groups is 1. The van der Waals surface area contributed by atoms with Crippen LogP contribution in [0, 0.1) is 10.1 Å². The number of nitro benzene ring substituents is 1. The summed E-state index contributed by atoms with van der Waals surface area (Å²) < 4.78 is 0. The number of phenols is 1. The smallest absolute Gasteiger partial charge is 0.296 e. The van der Waals surface area contributed by atoms with Crippen LogP contribution in [0.1, 0.15) is 57.4 Å². The molecule has 0 saturated heterocycles. The van der Waals surface area contributed by atoms with Gasteiger partial charge in [0, 0.05) is 6.07 Å². The molecule has 0 fully saturated rings. The van der Waals surface area contributed by atoms with Crippen LogP contribution in [0.15, 0.2) is 52.7 Å². The number of nitrogens with zero attached hydrogens (tertiary/aromatic N) is 3. The lowest BCUT2D eigenvalue weighted by atomic mass is 10.0. The standard InChI is InChI=1S/C21H27N3O3/c1-2-3-4-5-6-7-8-11-17-14-15-21(25)19(16-17)23-22-18-12-9-10-13-20(18)24(26)27/h9-10,12-16,25H,2-8,11H2,1H3. The lowest BCUT2D eigenvalue weighted by Gasteiger charge is -2.05. The monoisotopic (exact) mass is 369 g/mol. The van der Waals surface area contributed by atoms with Crippen LogP contribution in [0.4, 0.5) is 17.1 Å². The van der Waals surface area contributed by atoms with Crippen LogP contribution in [-0.2, 0) is 6.42 Å². The van der Waals surface area contributed by atoms with Gasteiger partial charge in [-0.2, -0.15) is 0 Å². The number of aromatic hydroxyl groups is 1. The fraction of sp³-hybridized carbons (Fsp3) is 0.429. The lowest BCUT2D eigenvalue weighted by Crippen LogP contribution is -1.87. The highest BCUT2D eigenvalue weighted by molar-refractivity contribution is 5.58. The van der Waals surface area contributed by atoms with Crippen molar-refractivity contribution < 1.29 is 10.0 Å². The molecule has 6 nitrogen and oxygen atoms in total. The predicted molar refractivity (Wildman–Crippen MR) is 107 cm³/mol. The first-order valence-corrected chi connectivity index (χ1v) is 9.59. The van der Waals surface area contributed by atoms with Crippen molar-refractivity contribution in [2.45, 2.75) is 58.3 Å². The van der Waals surface area contributed by atoms with Crippen molar-refractivity contribution in [2.24, 2.45) is 10.2 Å². The highest BCUT2D eigenvalue weighted by Gasteiger charge is 2.12. The fourth-order valence-electron chi connectivity index (χ4n) is 2.90. The molecule has 0 unspecified atom stereocenters. The van der Waals surface area contributed by atoms with Crippen LogP contribution >= 0.6 is 0 Å². The van der Waals surface area contributed by atoms with Gasteiger partial charge in [-0.1, -0.05) is 63.6 Å². The van der Waals surface area contributed by atoms with E-state index in [1.807, 2.05) is 6.07 Å². The molecular formula is C21H27N3O3. The van der Waals surface area contributed by atoms with E-state index in [-0.39, 0.29) is 17.1 Å². The Morgan fingerprint density at radius 2 is 1.59 bits per heavy atom. The zero-order valence-electron chi connectivity index (χ0n) is 15.8. The molecule has 6 heteroatoms. The number of hydrogen-bond donors (Lipinski definition) is 1. The number of hydrogen-bond acceptors (Lipinski definition) is 5. The number of unbranched alkanes of at least 4 members (excludes halogenated alkanes) is 6. The van der Waals surface area contributed by atoms with Gasteiger partial charge in [0.1, 0.15) is 11.4 Å². The van der Waals surface area contributed by atoms with Gasteiger partial charge in [0.05, 0.1) is 4.92 Å². The van der Waals surface area contributed by atoms with E-state index in [2.05, 4.69) is 17.2 Å². The van der Waals surface area contributed by atoms with E-state index >= 15 is 0 Å². The quantitative estimate of drug-likeness (QED) is 0.200. The predicted octanol–water partition coefficient (Wildman–Crippen LogP) is 7.01. The van der Waals surface area contributed by atoms with Crippen LogP contribution in [0.5, 0.6) is 5.75 Å². The third-order valence-electron chi connectivity index (χ3n) is 4.45. The number of rotatable bonds is 11. The number of benzene rings is 2. The average molecular weight is 369 g/mol. The Kier molecular flexibility index (Phi) is 8.42. The molecule has 0 radical (unpaired) electrons. The van der Waals surface area contributed by atoms with Crippen LogP contribution in [0.3, 0.4) is 0 Å². The first-order chi connectivity index (χ1) is 13.1. The Bertz CT molecular complexity index is 775. The largest absolute Gasteiger partial charge is 0.506 e. The maximum absolute atomic E-state index is 11.0. The Hall–Kier alpha value is -2.76. The minimum atomic E-state index is -0.495. The second-order valence-corrected chi connectivity index (χ2v) is 6.64. The molecule has 0 atom stereocenters. The van der Waals surface area contributed by atoms with Gasteiger partial charge in [-0.3, -0.25) is 10.1 Å². The Labute approximate surface area is 160 Å². The van der Waals surface area contributed by atoms with E-state index in [4.69, 9.17) is 0 Å². The number of aryl methyl sites for hydroxylation is 1. The highest BCUT2D eigenvalue weighted by Crippen LogP contribution is 2.32. The van der Waals surface area contributed by atoms with Crippen LogP contribution in [-0.4, -0.2) is 10.0 Å². The maximum atomic E-state index is 11.0. The summed E-state index contributed by atoms with van der Waals surface area (Å²) in [5.41, 5.74) is 1.46. The zero-order valence-corrected chi connectivity index (χ0v) is 15.8. The molecule has 27 heavy (non-hydrogen) atoms. The van der Waals surface area contributed by atoms with Gasteiger partial charge < -0.3 is 5.11 Å². The molecule has 0 bridgehead atoms. The van der Waals surface area contributed by atoms with Crippen molar-refractivity contribution in [1.29, 1.82) is 0 Å². The van der Waals surface area contributed by atoms with E-state index in [0.29, 0.717) is 5.69 Å². The Morgan fingerprint density at radius 1 is 0.926 bits per heavy atom. The zero-order chi connectivity index (χ0) is 19.5. The molecule has 2 aromatic rings. The summed E-state index contributed by atoms with van der Waals surface area (Å²) in [4.78, 5) is 10.5. The number of para-hydroxylation sites is 1. The second kappa shape index (κ2) is 11.1. The lowest BCUT2D eigenvalue weighted by molar-refractivity contribution is -0.384. The number of phenolic OH excluding ortho intramolecular Hbond substituents is 1. The molecule has 0 amide bonds. The molecule has 2 aromatic carbocycles. The van der Waals surface area contributed by atoms with Crippen molar-refractivity contribution in [1.82, 2.24) is 0 Å². The molecule has 0 aromatic heterocycles. The minimum Gasteiger partial charge on any atom is -0.506 e. The van der Waals surface area contributed by atoms with Crippen molar-refractivity contribution in [3.05, 3.63) is 58.1 Å². The summed E-state index contributed by atoms with van der Waals surface area (Å²) in [6, 6.07) is 11.4. The van der Waals surface area contributed by atoms with Gasteiger partial charge in [-0.15, -0.1) is 10.2 Å². The molecule has 0 saturated carbocycles. The SMILES string of the molecule is CCCCCCCCCc1ccc(O)c(N=Nc2ccccc2[N+](=O)[O-])c1. The van der Waals surface area contributed by atoms with Crippen molar-refractivity contribution in [2.75, 3.05) is 0 Å². The van der Waals surface area contributed by atoms with Gasteiger partial charge in [0.15, 0.2) is 5.69 Å². The minimum absolute atomic E-state index is 0.0145. The van der Waals surface area contributed by atoms with Crippen molar-refractivity contribution in [3.63, 3.8) is 0 Å². The van der Waals surface area contributed by atoms with E-state index in [9.17, 15) is 15.2 Å². The van der Waals surface area contributed by atoms with E-state index in [1.54, 1.807) is 24.3 Å². The Morgan fingerprint density at radius 3 is 2.33 bits per heavy atom. The molecule has 1 N–H and O–H groups in total. The van der Waals surface area contributed by atoms with Gasteiger partial charge in [-0.25, -0.2) is 0 Å². The highest BCUT2D eigenvalue weighted by atomic mass is 16.6. The average Bonchev–Trinajstić information content (AvgIpc) is 2.67. The van der Waals surface area contributed by atoms with Gasteiger partial charge in [-0.05, 0) is 36.6 Å². The van der Waals surface area contributed by atoms with Crippen LogP contribution in [0.25, 0.3) is 0 Å². The van der Waals surface area contributed by atoms with E-state index in [1.165, 1.54) is 50.7 Å². The van der Waals surface area contributed by atoms with Crippen molar-refractivity contribution in [3.8, 4) is 5.75 Å². The first-order valence-electron chi connectivity index (χ1n) is 9.59. The Balaban J connectivity index is 1.96. The third kappa shape index (κ3) is 6.81. The summed E-state index contributed by atoms with van der Waals surface area (Å²) in [5, 5.41) is 29.0. The maximum Gasteiger partial charge on any atom is 0.296 e. The summed E-state index contributed by atoms with van der Waals surface area (Å²) >= 11 is 0. The van der Waals surface area contributed by atoms with Crippen LogP contribution in [0.2, 0.25) is 0 Å². The van der Waals surface area contributed by atoms with Gasteiger partial charge in [0.25, 0.3) is 5.69 Å². The number of azo groups is 1. The summed E-state index contributed by atoms with van der Waals surface area (Å²) in [6.45, 7) is 2.22. The van der Waals surface area contributed by atoms with Gasteiger partial charge >= 0.3 is 0 Å². The molecule has 0 aliphatic rings. The molecular weight excluding hydrogens is 342 g/mol. The van der Waals surface area contributed by atoms with Gasteiger partial charge in [0.2, 0.25) is 0 Å². The molecule has 0 aliphatic heterocycles. The topological polar surface area (TPSA) is 88.1 Å². The van der Waals surface area contributed by atoms with Crippen LogP contribution < -0.4 is 0 Å². The normalized spacial score (nSPS) is 11.1. The molecule has 2 rings (SSSR count). The second-order valence-electron chi connectivity index (χ2n) is 6.64. The third-order valence-corrected chi connectivity index (χ3v) is 4.45. The fourth-order valence-corrected chi connectivity index (χ4v) is 2.90. The van der Waals surface area contributed by atoms with E-state index < -0.39 is 4.92 Å². The molecule has 0 aliphatic carbocycles. The van der Waals surface area contributed by atoms with Crippen molar-refractivity contribution >= 4 is 17.1 Å². The summed E-state index contributed by atoms with van der Waals surface area (Å²) in [7, 11) is 0. The summed E-state index contributed by atoms with van der Waals surface area (Å²) in [5.74, 6) is 0.0145. The summed E-state index contributed by atoms with van der Waals surface area (Å²) in [6.07, 6.45) is 9.63. The first kappa shape index (κ1) is 20.6. The molecule has 0 heterocycles. The molecule has 0 spiro atoms. The van der Waals surface area contributed by atoms with E-state index in [0.717, 1.165) is 18.4 Å².